The first-order chi connectivity index (χ1) is 10.3. The second-order valence-electron chi connectivity index (χ2n) is 5.48. The largest absolute Gasteiger partial charge is 0.378 e. The van der Waals surface area contributed by atoms with Gasteiger partial charge >= 0.3 is 0 Å². The van der Waals surface area contributed by atoms with Gasteiger partial charge in [-0.05, 0) is 47.4 Å². The van der Waals surface area contributed by atoms with E-state index in [9.17, 15) is 0 Å². The van der Waals surface area contributed by atoms with Crippen LogP contribution in [0.15, 0.2) is 66.7 Å². The lowest BCUT2D eigenvalue weighted by Crippen LogP contribution is -2.08. The fourth-order valence-corrected chi connectivity index (χ4v) is 2.76. The molecule has 0 bridgehead atoms. The lowest BCUT2D eigenvalue weighted by atomic mass is 10.0. The van der Waals surface area contributed by atoms with Gasteiger partial charge in [0.15, 0.2) is 0 Å². The molecule has 0 aliphatic rings. The molecule has 0 heterocycles. The van der Waals surface area contributed by atoms with Crippen LogP contribution in [0.25, 0.3) is 10.8 Å². The zero-order chi connectivity index (χ0) is 14.7. The first-order valence-corrected chi connectivity index (χ1v) is 7.61. The molecule has 0 amide bonds. The van der Waals surface area contributed by atoms with E-state index in [0.717, 1.165) is 6.42 Å². The molecule has 1 N–H and O–H groups in total. The summed E-state index contributed by atoms with van der Waals surface area (Å²) >= 11 is 0. The molecule has 3 aromatic rings. The Morgan fingerprint density at radius 1 is 0.857 bits per heavy atom. The van der Waals surface area contributed by atoms with Gasteiger partial charge in [0, 0.05) is 11.7 Å². The zero-order valence-corrected chi connectivity index (χ0v) is 12.6. The van der Waals surface area contributed by atoms with E-state index >= 15 is 0 Å². The van der Waals surface area contributed by atoms with Crippen LogP contribution in [0.4, 0.5) is 5.69 Å². The molecule has 0 saturated heterocycles. The standard InChI is InChI=1S/C20H21N/c1-3-16-8-6-7-11-20(16)21-15(2)18-13-12-17-9-4-5-10-19(17)14-18/h4-15,21H,3H2,1-2H3. The highest BCUT2D eigenvalue weighted by atomic mass is 14.9. The predicted octanol–water partition coefficient (Wildman–Crippen LogP) is 5.58. The highest BCUT2D eigenvalue weighted by molar-refractivity contribution is 5.83. The molecule has 106 valence electrons. The summed E-state index contributed by atoms with van der Waals surface area (Å²) in [4.78, 5) is 0. The van der Waals surface area contributed by atoms with E-state index in [1.54, 1.807) is 0 Å². The van der Waals surface area contributed by atoms with Crippen LogP contribution in [-0.2, 0) is 6.42 Å². The Morgan fingerprint density at radius 2 is 1.57 bits per heavy atom. The smallest absolute Gasteiger partial charge is 0.0485 e. The molecule has 1 heteroatoms. The Kier molecular flexibility index (Phi) is 3.92. The van der Waals surface area contributed by atoms with Crippen LogP contribution in [0.2, 0.25) is 0 Å². The van der Waals surface area contributed by atoms with Gasteiger partial charge in [0.1, 0.15) is 0 Å². The van der Waals surface area contributed by atoms with E-state index < -0.39 is 0 Å². The Labute approximate surface area is 126 Å². The van der Waals surface area contributed by atoms with E-state index in [1.807, 2.05) is 0 Å². The Bertz CT molecular complexity index is 745. The third-order valence-corrected chi connectivity index (χ3v) is 4.04. The first kappa shape index (κ1) is 13.7. The average molecular weight is 275 g/mol. The van der Waals surface area contributed by atoms with Gasteiger partial charge in [-0.3, -0.25) is 0 Å². The maximum atomic E-state index is 3.64. The molecule has 0 fully saturated rings. The van der Waals surface area contributed by atoms with E-state index in [0.29, 0.717) is 6.04 Å². The van der Waals surface area contributed by atoms with Crippen molar-refractivity contribution in [2.45, 2.75) is 26.3 Å². The summed E-state index contributed by atoms with van der Waals surface area (Å²) in [6, 6.07) is 24.0. The lowest BCUT2D eigenvalue weighted by molar-refractivity contribution is 0.881. The molecular weight excluding hydrogens is 254 g/mol. The summed E-state index contributed by atoms with van der Waals surface area (Å²) < 4.78 is 0. The van der Waals surface area contributed by atoms with Crippen molar-refractivity contribution in [2.24, 2.45) is 0 Å². The molecule has 1 atom stereocenters. The number of nitrogens with one attached hydrogen (secondary N) is 1. The molecular formula is C20H21N. The van der Waals surface area contributed by atoms with Gasteiger partial charge in [0.25, 0.3) is 0 Å². The van der Waals surface area contributed by atoms with Crippen molar-refractivity contribution in [1.82, 2.24) is 0 Å². The summed E-state index contributed by atoms with van der Waals surface area (Å²) in [7, 11) is 0. The Morgan fingerprint density at radius 3 is 2.38 bits per heavy atom. The zero-order valence-electron chi connectivity index (χ0n) is 12.6. The fourth-order valence-electron chi connectivity index (χ4n) is 2.76. The minimum atomic E-state index is 0.294. The van der Waals surface area contributed by atoms with Crippen LogP contribution in [-0.4, -0.2) is 0 Å². The lowest BCUT2D eigenvalue weighted by Gasteiger charge is -2.18. The monoisotopic (exact) mass is 275 g/mol. The highest BCUT2D eigenvalue weighted by Crippen LogP contribution is 2.25. The third kappa shape index (κ3) is 2.92. The first-order valence-electron chi connectivity index (χ1n) is 7.61. The maximum Gasteiger partial charge on any atom is 0.0485 e. The van der Waals surface area contributed by atoms with Crippen molar-refractivity contribution < 1.29 is 0 Å². The number of para-hydroxylation sites is 1. The maximum absolute atomic E-state index is 3.64. The topological polar surface area (TPSA) is 12.0 Å². The van der Waals surface area contributed by atoms with Gasteiger partial charge in [-0.25, -0.2) is 0 Å². The van der Waals surface area contributed by atoms with Crippen LogP contribution < -0.4 is 5.32 Å². The van der Waals surface area contributed by atoms with E-state index in [4.69, 9.17) is 0 Å². The van der Waals surface area contributed by atoms with Gasteiger partial charge in [-0.2, -0.15) is 0 Å². The molecule has 0 radical (unpaired) electrons. The Hall–Kier alpha value is -2.28. The Balaban J connectivity index is 1.88. The number of hydrogen-bond donors (Lipinski definition) is 1. The number of hydrogen-bond acceptors (Lipinski definition) is 1. The number of aryl methyl sites for hydroxylation is 1. The van der Waals surface area contributed by atoms with E-state index in [-0.39, 0.29) is 0 Å². The number of fused-ring (bicyclic) bond motifs is 1. The van der Waals surface area contributed by atoms with Crippen molar-refractivity contribution in [2.75, 3.05) is 5.32 Å². The quantitative estimate of drug-likeness (QED) is 0.656. The average Bonchev–Trinajstić information content (AvgIpc) is 2.55. The van der Waals surface area contributed by atoms with Gasteiger partial charge in [-0.1, -0.05) is 61.5 Å². The van der Waals surface area contributed by atoms with Crippen LogP contribution in [0, 0.1) is 0 Å². The van der Waals surface area contributed by atoms with Crippen molar-refractivity contribution in [3.63, 3.8) is 0 Å². The van der Waals surface area contributed by atoms with Crippen molar-refractivity contribution in [3.05, 3.63) is 77.9 Å². The number of rotatable bonds is 4. The van der Waals surface area contributed by atoms with Crippen LogP contribution in [0.5, 0.6) is 0 Å². The summed E-state index contributed by atoms with van der Waals surface area (Å²) in [5, 5.41) is 6.23. The minimum Gasteiger partial charge on any atom is -0.378 e. The molecule has 21 heavy (non-hydrogen) atoms. The van der Waals surface area contributed by atoms with Gasteiger partial charge < -0.3 is 5.32 Å². The molecule has 0 aliphatic carbocycles. The second-order valence-corrected chi connectivity index (χ2v) is 5.48. The fraction of sp³-hybridized carbons (Fsp3) is 0.200. The summed E-state index contributed by atoms with van der Waals surface area (Å²) in [5.74, 6) is 0. The number of anilines is 1. The minimum absolute atomic E-state index is 0.294. The molecule has 1 unspecified atom stereocenters. The van der Waals surface area contributed by atoms with E-state index in [1.165, 1.54) is 27.6 Å². The van der Waals surface area contributed by atoms with Crippen LogP contribution in [0.3, 0.4) is 0 Å². The molecule has 0 aromatic heterocycles. The van der Waals surface area contributed by atoms with Gasteiger partial charge in [0.05, 0.1) is 0 Å². The molecule has 1 nitrogen and oxygen atoms in total. The predicted molar refractivity (Wildman–Crippen MR) is 91.8 cm³/mol. The van der Waals surface area contributed by atoms with Crippen molar-refractivity contribution >= 4 is 16.5 Å². The van der Waals surface area contributed by atoms with E-state index in [2.05, 4.69) is 85.9 Å². The normalized spacial score (nSPS) is 12.3. The van der Waals surface area contributed by atoms with Crippen molar-refractivity contribution in [1.29, 1.82) is 0 Å². The number of benzene rings is 3. The van der Waals surface area contributed by atoms with Gasteiger partial charge in [-0.15, -0.1) is 0 Å². The van der Waals surface area contributed by atoms with Crippen LogP contribution in [0.1, 0.15) is 31.0 Å². The second kappa shape index (κ2) is 6.01. The molecule has 0 spiro atoms. The molecule has 3 aromatic carbocycles. The molecule has 0 saturated carbocycles. The highest BCUT2D eigenvalue weighted by Gasteiger charge is 2.08. The third-order valence-electron chi connectivity index (χ3n) is 4.04. The summed E-state index contributed by atoms with van der Waals surface area (Å²) in [6.45, 7) is 4.41. The summed E-state index contributed by atoms with van der Waals surface area (Å²) in [5.41, 5.74) is 3.92. The summed E-state index contributed by atoms with van der Waals surface area (Å²) in [6.07, 6.45) is 1.05. The van der Waals surface area contributed by atoms with Crippen LogP contribution >= 0.6 is 0 Å². The van der Waals surface area contributed by atoms with Crippen molar-refractivity contribution in [3.8, 4) is 0 Å². The molecule has 0 aliphatic heterocycles. The molecule has 3 rings (SSSR count). The SMILES string of the molecule is CCc1ccccc1NC(C)c1ccc2ccccc2c1. The van der Waals surface area contributed by atoms with Gasteiger partial charge in [0.2, 0.25) is 0 Å².